The Morgan fingerprint density at radius 2 is 1.80 bits per heavy atom. The van der Waals surface area contributed by atoms with Crippen molar-refractivity contribution in [3.8, 4) is 0 Å². The van der Waals surface area contributed by atoms with E-state index in [2.05, 4.69) is 4.90 Å². The molecule has 1 aromatic carbocycles. The summed E-state index contributed by atoms with van der Waals surface area (Å²) in [5.41, 5.74) is 7.30. The van der Waals surface area contributed by atoms with Crippen molar-refractivity contribution in [2.24, 2.45) is 0 Å². The molecule has 1 saturated carbocycles. The number of likely N-dealkylation sites (N-methyl/N-ethyl adjacent to an activating group) is 1. The van der Waals surface area contributed by atoms with Crippen LogP contribution in [0.4, 0.5) is 5.69 Å². The van der Waals surface area contributed by atoms with E-state index in [0.717, 1.165) is 12.0 Å². The minimum atomic E-state index is 0.0983. The third kappa shape index (κ3) is 4.24. The van der Waals surface area contributed by atoms with E-state index < -0.39 is 0 Å². The highest BCUT2D eigenvalue weighted by Gasteiger charge is 2.35. The van der Waals surface area contributed by atoms with E-state index in [0.29, 0.717) is 27.8 Å². The molecule has 25 heavy (non-hydrogen) atoms. The van der Waals surface area contributed by atoms with E-state index in [1.807, 2.05) is 11.9 Å². The molecule has 3 rings (SSSR count). The lowest BCUT2D eigenvalue weighted by Gasteiger charge is -2.42. The standard InChI is InChI=1S/C19H27Cl2N3O/c1-23(17-6-2-3-7-18(17)24-8-4-5-9-24)19(25)11-13-10-14(20)15(21)12-16(13)22/h10,12,17-18H,2-9,11,22H2,1H3/t17-,18+/m1/s1. The molecule has 0 bridgehead atoms. The Bertz CT molecular complexity index is 631. The number of carbonyl (C=O) groups is 1. The third-order valence-electron chi connectivity index (χ3n) is 5.72. The van der Waals surface area contributed by atoms with E-state index >= 15 is 0 Å². The summed E-state index contributed by atoms with van der Waals surface area (Å²) >= 11 is 12.1. The Hall–Kier alpha value is -0.970. The molecule has 1 heterocycles. The summed E-state index contributed by atoms with van der Waals surface area (Å²) in [6, 6.07) is 4.13. The van der Waals surface area contributed by atoms with Crippen LogP contribution in [0.3, 0.4) is 0 Å². The van der Waals surface area contributed by atoms with Crippen molar-refractivity contribution in [1.29, 1.82) is 0 Å². The van der Waals surface area contributed by atoms with Crippen LogP contribution in [-0.2, 0) is 11.2 Å². The Labute approximate surface area is 160 Å². The maximum absolute atomic E-state index is 12.9. The Balaban J connectivity index is 1.71. The topological polar surface area (TPSA) is 49.6 Å². The summed E-state index contributed by atoms with van der Waals surface area (Å²) in [5, 5.41) is 0.860. The SMILES string of the molecule is CN(C(=O)Cc1cc(Cl)c(Cl)cc1N)[C@@H]1CCCC[C@@H]1N1CCCC1. The predicted octanol–water partition coefficient (Wildman–Crippen LogP) is 3.98. The van der Waals surface area contributed by atoms with Crippen molar-refractivity contribution >= 4 is 34.8 Å². The molecule has 1 aliphatic heterocycles. The zero-order valence-corrected chi connectivity index (χ0v) is 16.3. The maximum atomic E-state index is 12.9. The van der Waals surface area contributed by atoms with Crippen LogP contribution < -0.4 is 5.73 Å². The molecule has 0 unspecified atom stereocenters. The third-order valence-corrected chi connectivity index (χ3v) is 6.44. The second kappa shape index (κ2) is 8.15. The summed E-state index contributed by atoms with van der Waals surface area (Å²) < 4.78 is 0. The summed E-state index contributed by atoms with van der Waals surface area (Å²) in [5.74, 6) is 0.0983. The van der Waals surface area contributed by atoms with Crippen molar-refractivity contribution < 1.29 is 4.79 Å². The van der Waals surface area contributed by atoms with Crippen LogP contribution in [-0.4, -0.2) is 47.9 Å². The molecule has 2 fully saturated rings. The Kier molecular flexibility index (Phi) is 6.13. The van der Waals surface area contributed by atoms with Gasteiger partial charge in [-0.15, -0.1) is 0 Å². The van der Waals surface area contributed by atoms with Gasteiger partial charge in [0, 0.05) is 24.8 Å². The van der Waals surface area contributed by atoms with E-state index in [9.17, 15) is 4.79 Å². The first-order chi connectivity index (χ1) is 12.0. The first-order valence-electron chi connectivity index (χ1n) is 9.20. The zero-order chi connectivity index (χ0) is 18.0. The molecular weight excluding hydrogens is 357 g/mol. The van der Waals surface area contributed by atoms with Crippen LogP contribution in [0.5, 0.6) is 0 Å². The van der Waals surface area contributed by atoms with Crippen molar-refractivity contribution in [3.05, 3.63) is 27.7 Å². The van der Waals surface area contributed by atoms with Gasteiger partial charge in [0.1, 0.15) is 0 Å². The number of anilines is 1. The van der Waals surface area contributed by atoms with Crippen molar-refractivity contribution in [1.82, 2.24) is 9.80 Å². The fraction of sp³-hybridized carbons (Fsp3) is 0.632. The molecule has 0 spiro atoms. The van der Waals surface area contributed by atoms with Gasteiger partial charge in [-0.25, -0.2) is 0 Å². The zero-order valence-electron chi connectivity index (χ0n) is 14.8. The minimum Gasteiger partial charge on any atom is -0.398 e. The van der Waals surface area contributed by atoms with Crippen molar-refractivity contribution in [2.75, 3.05) is 25.9 Å². The van der Waals surface area contributed by atoms with Crippen LogP contribution >= 0.6 is 23.2 Å². The summed E-state index contributed by atoms with van der Waals surface area (Å²) in [6.45, 7) is 2.34. The van der Waals surface area contributed by atoms with Gasteiger partial charge >= 0.3 is 0 Å². The van der Waals surface area contributed by atoms with Gasteiger partial charge in [-0.05, 0) is 56.5 Å². The average Bonchev–Trinajstić information content (AvgIpc) is 3.13. The highest BCUT2D eigenvalue weighted by molar-refractivity contribution is 6.42. The molecular formula is C19H27Cl2N3O. The monoisotopic (exact) mass is 383 g/mol. The second-order valence-electron chi connectivity index (χ2n) is 7.31. The first kappa shape index (κ1) is 18.8. The summed E-state index contributed by atoms with van der Waals surface area (Å²) in [7, 11) is 1.94. The van der Waals surface area contributed by atoms with Crippen LogP contribution in [0.25, 0.3) is 0 Å². The number of hydrogen-bond acceptors (Lipinski definition) is 3. The molecule has 1 aromatic rings. The number of likely N-dealkylation sites (tertiary alicyclic amines) is 1. The molecule has 2 atom stereocenters. The number of nitrogens with two attached hydrogens (primary N) is 1. The summed E-state index contributed by atoms with van der Waals surface area (Å²) in [4.78, 5) is 17.4. The molecule has 1 saturated heterocycles. The van der Waals surface area contributed by atoms with Gasteiger partial charge in [0.05, 0.1) is 16.5 Å². The fourth-order valence-corrected chi connectivity index (χ4v) is 4.63. The molecule has 4 nitrogen and oxygen atoms in total. The lowest BCUT2D eigenvalue weighted by atomic mass is 9.88. The van der Waals surface area contributed by atoms with Crippen molar-refractivity contribution in [2.45, 2.75) is 57.0 Å². The molecule has 6 heteroatoms. The number of nitrogen functional groups attached to an aromatic ring is 1. The fourth-order valence-electron chi connectivity index (χ4n) is 4.27. The van der Waals surface area contributed by atoms with Gasteiger partial charge < -0.3 is 10.6 Å². The van der Waals surface area contributed by atoms with Crippen LogP contribution in [0, 0.1) is 0 Å². The van der Waals surface area contributed by atoms with Gasteiger partial charge in [-0.3, -0.25) is 9.69 Å². The van der Waals surface area contributed by atoms with Gasteiger partial charge in [0.15, 0.2) is 0 Å². The minimum absolute atomic E-state index is 0.0983. The maximum Gasteiger partial charge on any atom is 0.227 e. The number of rotatable bonds is 4. The van der Waals surface area contributed by atoms with Gasteiger partial charge in [-0.2, -0.15) is 0 Å². The largest absolute Gasteiger partial charge is 0.398 e. The van der Waals surface area contributed by atoms with Gasteiger partial charge in [0.25, 0.3) is 0 Å². The lowest BCUT2D eigenvalue weighted by molar-refractivity contribution is -0.133. The summed E-state index contributed by atoms with van der Waals surface area (Å²) in [6.07, 6.45) is 7.56. The molecule has 0 radical (unpaired) electrons. The highest BCUT2D eigenvalue weighted by Crippen LogP contribution is 2.31. The van der Waals surface area contributed by atoms with E-state index in [4.69, 9.17) is 28.9 Å². The predicted molar refractivity (Wildman–Crippen MR) is 104 cm³/mol. The van der Waals surface area contributed by atoms with Crippen LogP contribution in [0.1, 0.15) is 44.1 Å². The smallest absolute Gasteiger partial charge is 0.227 e. The quantitative estimate of drug-likeness (QED) is 0.799. The Morgan fingerprint density at radius 3 is 2.52 bits per heavy atom. The highest BCUT2D eigenvalue weighted by atomic mass is 35.5. The Morgan fingerprint density at radius 1 is 1.16 bits per heavy atom. The van der Waals surface area contributed by atoms with E-state index in [1.165, 1.54) is 45.2 Å². The number of benzene rings is 1. The number of amides is 1. The van der Waals surface area contributed by atoms with E-state index in [1.54, 1.807) is 12.1 Å². The molecule has 1 amide bonds. The normalized spacial score (nSPS) is 24.4. The molecule has 138 valence electrons. The average molecular weight is 384 g/mol. The van der Waals surface area contributed by atoms with E-state index in [-0.39, 0.29) is 12.3 Å². The number of nitrogens with zero attached hydrogens (tertiary/aromatic N) is 2. The number of halogens is 2. The van der Waals surface area contributed by atoms with Crippen LogP contribution in [0.2, 0.25) is 10.0 Å². The molecule has 2 N–H and O–H groups in total. The lowest BCUT2D eigenvalue weighted by Crippen LogP contribution is -2.53. The van der Waals surface area contributed by atoms with Crippen molar-refractivity contribution in [3.63, 3.8) is 0 Å². The molecule has 0 aromatic heterocycles. The number of hydrogen-bond donors (Lipinski definition) is 1. The molecule has 2 aliphatic rings. The first-order valence-corrected chi connectivity index (χ1v) is 9.96. The second-order valence-corrected chi connectivity index (χ2v) is 8.12. The molecule has 1 aliphatic carbocycles. The van der Waals surface area contributed by atoms with Gasteiger partial charge in [-0.1, -0.05) is 36.0 Å². The number of carbonyl (C=O) groups excluding carboxylic acids is 1. The van der Waals surface area contributed by atoms with Crippen LogP contribution in [0.15, 0.2) is 12.1 Å². The van der Waals surface area contributed by atoms with Gasteiger partial charge in [0.2, 0.25) is 5.91 Å².